The molecule has 0 saturated carbocycles. The molecule has 2 rings (SSSR count). The van der Waals surface area contributed by atoms with Crippen LogP contribution in [0.3, 0.4) is 0 Å². The topological polar surface area (TPSA) is 69.7 Å². The molecule has 2 aromatic rings. The molecule has 6 heteroatoms. The summed E-state index contributed by atoms with van der Waals surface area (Å²) in [6.07, 6.45) is 1.54. The van der Waals surface area contributed by atoms with Crippen LogP contribution in [0.25, 0.3) is 0 Å². The molecule has 0 aliphatic rings. The predicted molar refractivity (Wildman–Crippen MR) is 127 cm³/mol. The molecule has 0 fully saturated rings. The number of thiophene rings is 1. The van der Waals surface area contributed by atoms with Gasteiger partial charge in [0.15, 0.2) is 22.5 Å². The molecule has 1 unspecified atom stereocenters. The van der Waals surface area contributed by atoms with Crippen molar-refractivity contribution in [3.8, 4) is 10.8 Å². The van der Waals surface area contributed by atoms with Crippen molar-refractivity contribution in [3.63, 3.8) is 0 Å². The van der Waals surface area contributed by atoms with Crippen LogP contribution in [-0.4, -0.2) is 24.1 Å². The van der Waals surface area contributed by atoms with Gasteiger partial charge in [0.05, 0.1) is 6.61 Å². The van der Waals surface area contributed by atoms with Crippen molar-refractivity contribution in [1.82, 2.24) is 0 Å². The van der Waals surface area contributed by atoms with E-state index in [1.807, 2.05) is 12.1 Å². The van der Waals surface area contributed by atoms with Crippen molar-refractivity contribution in [3.05, 3.63) is 47.3 Å². The van der Waals surface area contributed by atoms with Crippen LogP contribution >= 0.6 is 11.3 Å². The average molecular weight is 459 g/mol. The van der Waals surface area contributed by atoms with Gasteiger partial charge < -0.3 is 9.47 Å². The lowest BCUT2D eigenvalue weighted by Gasteiger charge is -2.33. The number of hydrogen-bond acceptors (Lipinski definition) is 6. The largest absolute Gasteiger partial charge is 0.494 e. The third-order valence-electron chi connectivity index (χ3n) is 5.10. The Labute approximate surface area is 195 Å². The Kier molecular flexibility index (Phi) is 8.79. The number of ketones is 2. The minimum Gasteiger partial charge on any atom is -0.494 e. The van der Waals surface area contributed by atoms with Gasteiger partial charge in [-0.15, -0.1) is 11.3 Å². The number of hydrogen-bond donors (Lipinski definition) is 0. The minimum atomic E-state index is -1.39. The average Bonchev–Trinajstić information content (AvgIpc) is 3.16. The fourth-order valence-electron chi connectivity index (χ4n) is 4.01. The second-order valence-corrected chi connectivity index (χ2v) is 10.9. The summed E-state index contributed by atoms with van der Waals surface area (Å²) in [7, 11) is 0. The van der Waals surface area contributed by atoms with E-state index in [1.54, 1.807) is 17.5 Å². The molecular weight excluding hydrogens is 424 g/mol. The van der Waals surface area contributed by atoms with Crippen LogP contribution in [0.4, 0.5) is 0 Å². The molecule has 5 nitrogen and oxygen atoms in total. The predicted octanol–water partition coefficient (Wildman–Crippen LogP) is 6.00. The SMILES string of the molecule is CC(=O)C(C(=O)CCCOc1ccc(C(C)(C)CC(C)(C)C)cc1)C(=O)Oc1cccs1. The van der Waals surface area contributed by atoms with Gasteiger partial charge in [0, 0.05) is 6.42 Å². The first kappa shape index (κ1) is 25.8. The van der Waals surface area contributed by atoms with E-state index in [0.29, 0.717) is 18.1 Å². The molecule has 0 spiro atoms. The van der Waals surface area contributed by atoms with Crippen molar-refractivity contribution in [2.24, 2.45) is 11.3 Å². The summed E-state index contributed by atoms with van der Waals surface area (Å²) < 4.78 is 10.9. The molecule has 0 aliphatic carbocycles. The van der Waals surface area contributed by atoms with Crippen LogP contribution in [0.2, 0.25) is 0 Å². The van der Waals surface area contributed by atoms with Gasteiger partial charge in [0.1, 0.15) is 5.75 Å². The van der Waals surface area contributed by atoms with Crippen LogP contribution in [0.15, 0.2) is 41.8 Å². The molecule has 0 amide bonds. The minimum absolute atomic E-state index is 0.0582. The van der Waals surface area contributed by atoms with Crippen LogP contribution in [0.5, 0.6) is 10.8 Å². The number of rotatable bonds is 11. The normalized spacial score (nSPS) is 12.8. The lowest BCUT2D eigenvalue weighted by Crippen LogP contribution is -2.33. The standard InChI is InChI=1S/C26H34O5S/c1-18(27)23(24(29)31-22-10-8-16-32-22)21(28)9-7-15-30-20-13-11-19(12-14-20)26(5,6)17-25(2,3)4/h8,10-14,16,23H,7,9,15,17H2,1-6H3. The van der Waals surface area contributed by atoms with Crippen molar-refractivity contribution in [1.29, 1.82) is 0 Å². The number of carbonyl (C=O) groups is 3. The Morgan fingerprint density at radius 2 is 1.66 bits per heavy atom. The van der Waals surface area contributed by atoms with E-state index >= 15 is 0 Å². The third-order valence-corrected chi connectivity index (χ3v) is 5.85. The molecule has 1 aromatic carbocycles. The van der Waals surface area contributed by atoms with Gasteiger partial charge in [-0.3, -0.25) is 14.4 Å². The molecule has 32 heavy (non-hydrogen) atoms. The molecule has 0 bridgehead atoms. The number of ether oxygens (including phenoxy) is 2. The summed E-state index contributed by atoms with van der Waals surface area (Å²) >= 11 is 1.23. The van der Waals surface area contributed by atoms with Gasteiger partial charge in [-0.25, -0.2) is 0 Å². The lowest BCUT2D eigenvalue weighted by atomic mass is 9.72. The van der Waals surface area contributed by atoms with Gasteiger partial charge >= 0.3 is 5.97 Å². The van der Waals surface area contributed by atoms with Crippen LogP contribution in [0, 0.1) is 11.3 Å². The summed E-state index contributed by atoms with van der Waals surface area (Å²) in [5.74, 6) is -2.43. The lowest BCUT2D eigenvalue weighted by molar-refractivity contribution is -0.148. The number of Topliss-reactive ketones (excluding diaryl/α,β-unsaturated/α-hetero) is 2. The van der Waals surface area contributed by atoms with Gasteiger partial charge in [-0.1, -0.05) is 46.8 Å². The van der Waals surface area contributed by atoms with Crippen molar-refractivity contribution in [2.45, 2.75) is 66.2 Å². The Morgan fingerprint density at radius 3 is 2.19 bits per heavy atom. The quantitative estimate of drug-likeness (QED) is 0.235. The number of carbonyl (C=O) groups excluding carboxylic acids is 3. The summed E-state index contributed by atoms with van der Waals surface area (Å²) in [5, 5.41) is 2.12. The van der Waals surface area contributed by atoms with E-state index in [1.165, 1.54) is 23.8 Å². The van der Waals surface area contributed by atoms with Crippen molar-refractivity contribution >= 4 is 28.9 Å². The molecule has 1 aromatic heterocycles. The van der Waals surface area contributed by atoms with E-state index in [2.05, 4.69) is 46.8 Å². The second-order valence-electron chi connectivity index (χ2n) is 9.96. The maximum absolute atomic E-state index is 12.5. The maximum atomic E-state index is 12.5. The highest BCUT2D eigenvalue weighted by molar-refractivity contribution is 7.11. The highest BCUT2D eigenvalue weighted by atomic mass is 32.1. The van der Waals surface area contributed by atoms with Crippen molar-refractivity contribution in [2.75, 3.05) is 6.61 Å². The van der Waals surface area contributed by atoms with E-state index in [0.717, 1.165) is 12.2 Å². The number of esters is 1. The third kappa shape index (κ3) is 7.90. The second kappa shape index (κ2) is 10.9. The first-order valence-electron chi connectivity index (χ1n) is 10.9. The highest BCUT2D eigenvalue weighted by Crippen LogP contribution is 2.36. The first-order valence-corrected chi connectivity index (χ1v) is 11.8. The maximum Gasteiger partial charge on any atom is 0.330 e. The molecule has 0 N–H and O–H groups in total. The molecule has 1 heterocycles. The zero-order chi connectivity index (χ0) is 23.9. The summed E-state index contributed by atoms with van der Waals surface area (Å²) in [6.45, 7) is 12.8. The smallest absolute Gasteiger partial charge is 0.330 e. The van der Waals surface area contributed by atoms with Gasteiger partial charge in [0.2, 0.25) is 0 Å². The Morgan fingerprint density at radius 1 is 1.00 bits per heavy atom. The summed E-state index contributed by atoms with van der Waals surface area (Å²) in [6, 6.07) is 11.4. The molecular formula is C26H34O5S. The van der Waals surface area contributed by atoms with Crippen molar-refractivity contribution < 1.29 is 23.9 Å². The fraction of sp³-hybridized carbons (Fsp3) is 0.500. The molecule has 0 radical (unpaired) electrons. The number of benzene rings is 1. The Hall–Kier alpha value is -2.47. The monoisotopic (exact) mass is 458 g/mol. The van der Waals surface area contributed by atoms with E-state index in [4.69, 9.17) is 9.47 Å². The summed E-state index contributed by atoms with van der Waals surface area (Å²) in [4.78, 5) is 36.6. The molecule has 0 saturated heterocycles. The van der Waals surface area contributed by atoms with E-state index in [9.17, 15) is 14.4 Å². The van der Waals surface area contributed by atoms with Gasteiger partial charge in [-0.2, -0.15) is 0 Å². The van der Waals surface area contributed by atoms with Crippen LogP contribution < -0.4 is 9.47 Å². The zero-order valence-corrected chi connectivity index (χ0v) is 20.7. The molecule has 0 aliphatic heterocycles. The summed E-state index contributed by atoms with van der Waals surface area (Å²) in [5.41, 5.74) is 1.55. The Bertz CT molecular complexity index is 905. The van der Waals surface area contributed by atoms with E-state index < -0.39 is 23.5 Å². The van der Waals surface area contributed by atoms with Crippen LogP contribution in [0.1, 0.15) is 66.4 Å². The van der Waals surface area contributed by atoms with Gasteiger partial charge in [0.25, 0.3) is 0 Å². The molecule has 174 valence electrons. The fourth-order valence-corrected chi connectivity index (χ4v) is 4.59. The first-order chi connectivity index (χ1) is 14.9. The van der Waals surface area contributed by atoms with Gasteiger partial charge in [-0.05, 0) is 65.8 Å². The molecule has 1 atom stereocenters. The highest BCUT2D eigenvalue weighted by Gasteiger charge is 2.32. The Balaban J connectivity index is 1.84. The van der Waals surface area contributed by atoms with E-state index in [-0.39, 0.29) is 17.3 Å². The zero-order valence-electron chi connectivity index (χ0n) is 19.9. The van der Waals surface area contributed by atoms with Crippen LogP contribution in [-0.2, 0) is 19.8 Å².